The molecule has 3 heteroatoms. The molecule has 2 aliphatic carbocycles. The van der Waals surface area contributed by atoms with Crippen molar-refractivity contribution in [1.29, 1.82) is 0 Å². The molecule has 198 valence electrons. The van der Waals surface area contributed by atoms with Gasteiger partial charge in [0.05, 0.1) is 0 Å². The highest BCUT2D eigenvalue weighted by Crippen LogP contribution is 2.33. The summed E-state index contributed by atoms with van der Waals surface area (Å²) in [4.78, 5) is 0. The first-order valence-corrected chi connectivity index (χ1v) is 12.7. The molecule has 0 radical (unpaired) electrons. The highest BCUT2D eigenvalue weighted by molar-refractivity contribution is 5.52. The molecule has 0 bridgehead atoms. The normalized spacial score (nSPS) is 15.7. The van der Waals surface area contributed by atoms with Crippen LogP contribution in [0.25, 0.3) is 0 Å². The van der Waals surface area contributed by atoms with E-state index in [0.717, 1.165) is 23.0 Å². The van der Waals surface area contributed by atoms with Gasteiger partial charge in [0.15, 0.2) is 0 Å². The maximum Gasteiger partial charge on any atom is 0.0386 e. The first kappa shape index (κ1) is 34.9. The predicted molar refractivity (Wildman–Crippen MR) is 166 cm³/mol. The molecule has 0 fully saturated rings. The monoisotopic (exact) mass is 489 g/mol. The zero-order chi connectivity index (χ0) is 27.9. The number of anilines is 1. The summed E-state index contributed by atoms with van der Waals surface area (Å²) >= 11 is 0. The molecule has 0 saturated carbocycles. The van der Waals surface area contributed by atoms with Crippen molar-refractivity contribution >= 4 is 5.69 Å². The van der Waals surface area contributed by atoms with Gasteiger partial charge in [0.1, 0.15) is 0 Å². The van der Waals surface area contributed by atoms with E-state index in [0.29, 0.717) is 5.70 Å². The summed E-state index contributed by atoms with van der Waals surface area (Å²) < 4.78 is 0. The van der Waals surface area contributed by atoms with Crippen LogP contribution in [-0.4, -0.2) is 13.1 Å². The maximum atomic E-state index is 5.87. The third-order valence-electron chi connectivity index (χ3n) is 5.13. The number of rotatable bonds is 6. The van der Waals surface area contributed by atoms with Gasteiger partial charge >= 0.3 is 0 Å². The highest BCUT2D eigenvalue weighted by Gasteiger charge is 2.21. The van der Waals surface area contributed by atoms with Gasteiger partial charge < -0.3 is 16.4 Å². The molecule has 1 aromatic carbocycles. The molecule has 0 aromatic heterocycles. The summed E-state index contributed by atoms with van der Waals surface area (Å²) in [5.41, 5.74) is 13.8. The van der Waals surface area contributed by atoms with E-state index in [1.54, 1.807) is 29.4 Å². The summed E-state index contributed by atoms with van der Waals surface area (Å²) in [5, 5.41) is 6.54. The molecular formula is C33H51N3. The van der Waals surface area contributed by atoms with Gasteiger partial charge in [0, 0.05) is 23.1 Å². The van der Waals surface area contributed by atoms with E-state index in [4.69, 9.17) is 5.73 Å². The van der Waals surface area contributed by atoms with Crippen molar-refractivity contribution in [2.24, 2.45) is 5.73 Å². The van der Waals surface area contributed by atoms with Crippen LogP contribution in [0.15, 0.2) is 122 Å². The fourth-order valence-electron chi connectivity index (χ4n) is 3.56. The molecule has 0 aliphatic heterocycles. The summed E-state index contributed by atoms with van der Waals surface area (Å²) in [5.74, 6) is 0. The lowest BCUT2D eigenvalue weighted by atomic mass is 10.0. The lowest BCUT2D eigenvalue weighted by Crippen LogP contribution is -2.21. The van der Waals surface area contributed by atoms with Crippen LogP contribution in [0.1, 0.15) is 58.9 Å². The molecule has 3 nitrogen and oxygen atoms in total. The maximum absolute atomic E-state index is 5.87. The van der Waals surface area contributed by atoms with Gasteiger partial charge in [-0.05, 0) is 94.5 Å². The third kappa shape index (κ3) is 15.6. The highest BCUT2D eigenvalue weighted by atomic mass is 14.9. The second-order valence-corrected chi connectivity index (χ2v) is 8.13. The van der Waals surface area contributed by atoms with Crippen LogP contribution >= 0.6 is 0 Å². The molecule has 4 N–H and O–H groups in total. The lowest BCUT2D eigenvalue weighted by Gasteiger charge is -2.07. The molecule has 36 heavy (non-hydrogen) atoms. The molecule has 0 amide bonds. The molecule has 0 heterocycles. The van der Waals surface area contributed by atoms with Gasteiger partial charge in [-0.1, -0.05) is 69.0 Å². The number of hydrogen-bond donors (Lipinski definition) is 3. The number of hydrogen-bond acceptors (Lipinski definition) is 3. The van der Waals surface area contributed by atoms with E-state index in [2.05, 4.69) is 68.8 Å². The predicted octanol–water partition coefficient (Wildman–Crippen LogP) is 8.93. The first-order valence-electron chi connectivity index (χ1n) is 12.7. The SMILES string of the molecule is C=C.C=C/C(C)=C/C(N)=C\C(=C)Nc1cccc(C)c1.C=CC.CC.CNC1CC2=C(CCC=C2)C1. The van der Waals surface area contributed by atoms with E-state index in [1.807, 2.05) is 58.9 Å². The summed E-state index contributed by atoms with van der Waals surface area (Å²) in [6, 6.07) is 8.82. The number of nitrogens with two attached hydrogens (primary N) is 1. The van der Waals surface area contributed by atoms with Gasteiger partial charge in [-0.3, -0.25) is 0 Å². The van der Waals surface area contributed by atoms with Gasteiger partial charge in [0.2, 0.25) is 0 Å². The Balaban J connectivity index is 0. The van der Waals surface area contributed by atoms with E-state index < -0.39 is 0 Å². The first-order chi connectivity index (χ1) is 17.3. The van der Waals surface area contributed by atoms with Crippen molar-refractivity contribution in [2.75, 3.05) is 12.4 Å². The fourth-order valence-corrected chi connectivity index (χ4v) is 3.56. The fraction of sp³-hybridized carbons (Fsp3) is 0.333. The van der Waals surface area contributed by atoms with Crippen LogP contribution in [-0.2, 0) is 0 Å². The number of aryl methyl sites for hydroxylation is 1. The Bertz CT molecular complexity index is 913. The van der Waals surface area contributed by atoms with Crippen LogP contribution in [0.5, 0.6) is 0 Å². The number of allylic oxidation sites excluding steroid dienone is 7. The van der Waals surface area contributed by atoms with Crippen molar-refractivity contribution in [1.82, 2.24) is 5.32 Å². The Kier molecular flexibility index (Phi) is 21.5. The summed E-state index contributed by atoms with van der Waals surface area (Å²) in [6.45, 7) is 26.9. The largest absolute Gasteiger partial charge is 0.399 e. The number of nitrogens with one attached hydrogen (secondary N) is 2. The minimum Gasteiger partial charge on any atom is -0.399 e. The van der Waals surface area contributed by atoms with Gasteiger partial charge in [-0.2, -0.15) is 0 Å². The van der Waals surface area contributed by atoms with Gasteiger partial charge in [-0.25, -0.2) is 0 Å². The van der Waals surface area contributed by atoms with Crippen LogP contribution in [0.2, 0.25) is 0 Å². The topological polar surface area (TPSA) is 50.1 Å². The molecule has 3 rings (SSSR count). The van der Waals surface area contributed by atoms with Gasteiger partial charge in [0.25, 0.3) is 0 Å². The lowest BCUT2D eigenvalue weighted by molar-refractivity contribution is 0.587. The average molecular weight is 490 g/mol. The molecular weight excluding hydrogens is 438 g/mol. The van der Waals surface area contributed by atoms with E-state index in [9.17, 15) is 0 Å². The Morgan fingerprint density at radius 2 is 1.75 bits per heavy atom. The molecule has 0 spiro atoms. The quantitative estimate of drug-likeness (QED) is 0.276. The second kappa shape index (κ2) is 22.2. The van der Waals surface area contributed by atoms with Crippen LogP contribution in [0.3, 0.4) is 0 Å². The average Bonchev–Trinajstić information content (AvgIpc) is 3.31. The van der Waals surface area contributed by atoms with E-state index >= 15 is 0 Å². The minimum absolute atomic E-state index is 0.651. The molecule has 1 aromatic rings. The zero-order valence-electron chi connectivity index (χ0n) is 23.8. The van der Waals surface area contributed by atoms with Crippen molar-refractivity contribution in [3.8, 4) is 0 Å². The van der Waals surface area contributed by atoms with Crippen molar-refractivity contribution in [3.63, 3.8) is 0 Å². The van der Waals surface area contributed by atoms with Crippen LogP contribution in [0, 0.1) is 6.92 Å². The van der Waals surface area contributed by atoms with Gasteiger partial charge in [-0.15, -0.1) is 19.7 Å². The molecule has 1 unspecified atom stereocenters. The third-order valence-corrected chi connectivity index (χ3v) is 5.13. The Hall–Kier alpha value is -3.30. The Morgan fingerprint density at radius 3 is 2.28 bits per heavy atom. The second-order valence-electron chi connectivity index (χ2n) is 8.13. The molecule has 0 saturated heterocycles. The van der Waals surface area contributed by atoms with Crippen LogP contribution < -0.4 is 16.4 Å². The standard InChI is InChI=1S/C16H20N2.C10H15N.C3H6.C2H6.C2H4/c1-5-12(2)9-15(17)11-14(4)18-16-8-6-7-13(3)10-16;1-11-10-6-8-4-2-3-5-9(8)7-10;1-3-2;2*1-2/h5-11,18H,1,4,17H2,2-3H3;2,4,10-11H,3,5-7H2,1H3;3H,1H2,2H3;1-2H3;1-2H2/b12-9+,15-11+;;;;. The zero-order valence-corrected chi connectivity index (χ0v) is 23.8. The Morgan fingerprint density at radius 1 is 1.11 bits per heavy atom. The Labute approximate surface area is 222 Å². The summed E-state index contributed by atoms with van der Waals surface area (Å²) in [6.07, 6.45) is 16.9. The van der Waals surface area contributed by atoms with E-state index in [-0.39, 0.29) is 0 Å². The van der Waals surface area contributed by atoms with Crippen molar-refractivity contribution in [2.45, 2.75) is 66.3 Å². The number of benzene rings is 1. The van der Waals surface area contributed by atoms with Crippen molar-refractivity contribution < 1.29 is 0 Å². The minimum atomic E-state index is 0.651. The smallest absolute Gasteiger partial charge is 0.0386 e. The van der Waals surface area contributed by atoms with Crippen molar-refractivity contribution in [3.05, 3.63) is 127 Å². The van der Waals surface area contributed by atoms with E-state index in [1.165, 1.54) is 31.2 Å². The molecule has 1 atom stereocenters. The van der Waals surface area contributed by atoms with Crippen LogP contribution in [0.4, 0.5) is 5.69 Å². The summed E-state index contributed by atoms with van der Waals surface area (Å²) in [7, 11) is 2.06. The molecule has 2 aliphatic rings.